The molecule has 3 heteroatoms. The van der Waals surface area contributed by atoms with Crippen molar-refractivity contribution < 1.29 is 0 Å². The van der Waals surface area contributed by atoms with Crippen LogP contribution in [0.2, 0.25) is 0 Å². The van der Waals surface area contributed by atoms with Crippen molar-refractivity contribution in [3.8, 4) is 11.4 Å². The Morgan fingerprint density at radius 1 is 1.38 bits per heavy atom. The maximum absolute atomic E-state index is 4.23. The van der Waals surface area contributed by atoms with Crippen LogP contribution >= 0.6 is 22.6 Å². The number of hydrogen-bond acceptors (Lipinski definition) is 1. The normalized spacial score (nSPS) is 10.3. The van der Waals surface area contributed by atoms with Gasteiger partial charge in [-0.2, -0.15) is 0 Å². The lowest BCUT2D eigenvalue weighted by atomic mass is 10.1. The second-order valence-electron chi connectivity index (χ2n) is 2.92. The van der Waals surface area contributed by atoms with E-state index in [0.717, 1.165) is 5.82 Å². The molecule has 0 saturated heterocycles. The first-order valence-electron chi connectivity index (χ1n) is 4.03. The van der Waals surface area contributed by atoms with Crippen LogP contribution in [0.1, 0.15) is 5.56 Å². The third-order valence-corrected chi connectivity index (χ3v) is 2.82. The van der Waals surface area contributed by atoms with Crippen molar-refractivity contribution in [3.05, 3.63) is 39.7 Å². The molecular formula is C10H9IN2. The predicted molar refractivity (Wildman–Crippen MR) is 61.5 cm³/mol. The van der Waals surface area contributed by atoms with Gasteiger partial charge in [0, 0.05) is 21.5 Å². The second kappa shape index (κ2) is 3.49. The summed E-state index contributed by atoms with van der Waals surface area (Å²) in [5.41, 5.74) is 2.43. The molecular weight excluding hydrogens is 275 g/mol. The van der Waals surface area contributed by atoms with Crippen molar-refractivity contribution in [1.29, 1.82) is 0 Å². The Morgan fingerprint density at radius 3 is 2.92 bits per heavy atom. The highest BCUT2D eigenvalue weighted by molar-refractivity contribution is 14.1. The highest BCUT2D eigenvalue weighted by atomic mass is 127. The van der Waals surface area contributed by atoms with Gasteiger partial charge in [0.15, 0.2) is 0 Å². The Labute approximate surface area is 90.5 Å². The fourth-order valence-electron chi connectivity index (χ4n) is 1.23. The number of aryl methyl sites for hydroxylation is 1. The average molecular weight is 284 g/mol. The largest absolute Gasteiger partial charge is 0.345 e. The number of benzene rings is 1. The van der Waals surface area contributed by atoms with Crippen LogP contribution in [-0.2, 0) is 0 Å². The number of nitrogens with zero attached hydrogens (tertiary/aromatic N) is 1. The van der Waals surface area contributed by atoms with Crippen molar-refractivity contribution in [3.63, 3.8) is 0 Å². The zero-order valence-corrected chi connectivity index (χ0v) is 9.37. The molecule has 2 aromatic rings. The lowest BCUT2D eigenvalue weighted by Crippen LogP contribution is -1.86. The molecule has 0 saturated carbocycles. The topological polar surface area (TPSA) is 28.7 Å². The first kappa shape index (κ1) is 8.74. The molecule has 0 aliphatic heterocycles. The third-order valence-electron chi connectivity index (χ3n) is 1.88. The number of halogens is 1. The van der Waals surface area contributed by atoms with Crippen LogP contribution in [0, 0.1) is 10.5 Å². The molecule has 1 aromatic heterocycles. The minimum absolute atomic E-state index is 0.938. The molecule has 0 aliphatic rings. The van der Waals surface area contributed by atoms with Gasteiger partial charge in [-0.05, 0) is 41.6 Å². The second-order valence-corrected chi connectivity index (χ2v) is 4.08. The van der Waals surface area contributed by atoms with Gasteiger partial charge in [-0.25, -0.2) is 4.98 Å². The molecule has 0 fully saturated rings. The van der Waals surface area contributed by atoms with Crippen LogP contribution < -0.4 is 0 Å². The summed E-state index contributed by atoms with van der Waals surface area (Å²) in [5, 5.41) is 0. The van der Waals surface area contributed by atoms with Gasteiger partial charge >= 0.3 is 0 Å². The molecule has 1 heterocycles. The van der Waals surface area contributed by atoms with E-state index in [-0.39, 0.29) is 0 Å². The maximum Gasteiger partial charge on any atom is 0.138 e. The van der Waals surface area contributed by atoms with Gasteiger partial charge in [-0.1, -0.05) is 11.6 Å². The zero-order valence-electron chi connectivity index (χ0n) is 7.21. The zero-order chi connectivity index (χ0) is 9.26. The smallest absolute Gasteiger partial charge is 0.138 e. The number of imidazole rings is 1. The Hall–Kier alpha value is -0.840. The molecule has 2 nitrogen and oxygen atoms in total. The third kappa shape index (κ3) is 1.75. The maximum atomic E-state index is 4.23. The number of rotatable bonds is 1. The molecule has 1 aromatic carbocycles. The quantitative estimate of drug-likeness (QED) is 0.801. The Morgan fingerprint density at radius 2 is 2.23 bits per heavy atom. The minimum Gasteiger partial charge on any atom is -0.345 e. The van der Waals surface area contributed by atoms with E-state index in [2.05, 4.69) is 57.7 Å². The average Bonchev–Trinajstić information content (AvgIpc) is 2.61. The lowest BCUT2D eigenvalue weighted by Gasteiger charge is -2.01. The first-order valence-corrected chi connectivity index (χ1v) is 5.11. The van der Waals surface area contributed by atoms with Crippen LogP contribution in [0.15, 0.2) is 30.6 Å². The van der Waals surface area contributed by atoms with E-state index in [1.807, 2.05) is 6.20 Å². The van der Waals surface area contributed by atoms with Crippen molar-refractivity contribution in [2.75, 3.05) is 0 Å². The van der Waals surface area contributed by atoms with Gasteiger partial charge in [-0.15, -0.1) is 0 Å². The van der Waals surface area contributed by atoms with Crippen molar-refractivity contribution in [2.45, 2.75) is 6.92 Å². The minimum atomic E-state index is 0.938. The molecule has 1 N–H and O–H groups in total. The van der Waals surface area contributed by atoms with Gasteiger partial charge in [0.2, 0.25) is 0 Å². The Kier molecular flexibility index (Phi) is 2.35. The van der Waals surface area contributed by atoms with E-state index >= 15 is 0 Å². The summed E-state index contributed by atoms with van der Waals surface area (Å²) in [6.45, 7) is 2.09. The first-order chi connectivity index (χ1) is 6.27. The molecule has 0 aliphatic carbocycles. The van der Waals surface area contributed by atoms with Gasteiger partial charge < -0.3 is 4.98 Å². The molecule has 2 rings (SSSR count). The summed E-state index contributed by atoms with van der Waals surface area (Å²) in [7, 11) is 0. The predicted octanol–water partition coefficient (Wildman–Crippen LogP) is 2.99. The van der Waals surface area contributed by atoms with E-state index in [4.69, 9.17) is 0 Å². The van der Waals surface area contributed by atoms with Crippen molar-refractivity contribution >= 4 is 22.6 Å². The van der Waals surface area contributed by atoms with Crippen molar-refractivity contribution in [2.24, 2.45) is 0 Å². The molecule has 0 atom stereocenters. The number of aromatic nitrogens is 2. The van der Waals surface area contributed by atoms with Gasteiger partial charge in [-0.3, -0.25) is 0 Å². The van der Waals surface area contributed by atoms with E-state index < -0.39 is 0 Å². The van der Waals surface area contributed by atoms with Crippen LogP contribution in [0.25, 0.3) is 11.4 Å². The fourth-order valence-corrected chi connectivity index (χ4v) is 1.82. The van der Waals surface area contributed by atoms with Crippen molar-refractivity contribution in [1.82, 2.24) is 9.97 Å². The molecule has 66 valence electrons. The Bertz CT molecular complexity index is 407. The molecule has 13 heavy (non-hydrogen) atoms. The van der Waals surface area contributed by atoms with Crippen LogP contribution in [0.4, 0.5) is 0 Å². The van der Waals surface area contributed by atoms with Crippen LogP contribution in [0.3, 0.4) is 0 Å². The summed E-state index contributed by atoms with van der Waals surface area (Å²) in [4.78, 5) is 7.33. The lowest BCUT2D eigenvalue weighted by molar-refractivity contribution is 1.29. The molecule has 0 radical (unpaired) electrons. The van der Waals surface area contributed by atoms with E-state index in [1.165, 1.54) is 14.7 Å². The number of hydrogen-bond donors (Lipinski definition) is 1. The summed E-state index contributed by atoms with van der Waals surface area (Å²) in [5.74, 6) is 0.938. The molecule has 0 unspecified atom stereocenters. The van der Waals surface area contributed by atoms with Gasteiger partial charge in [0.05, 0.1) is 0 Å². The van der Waals surface area contributed by atoms with E-state index in [9.17, 15) is 0 Å². The summed E-state index contributed by atoms with van der Waals surface area (Å²) in [6.07, 6.45) is 3.61. The van der Waals surface area contributed by atoms with Gasteiger partial charge in [0.25, 0.3) is 0 Å². The van der Waals surface area contributed by atoms with Crippen LogP contribution in [0.5, 0.6) is 0 Å². The monoisotopic (exact) mass is 284 g/mol. The summed E-state index contributed by atoms with van der Waals surface area (Å²) < 4.78 is 1.22. The number of aromatic amines is 1. The molecule has 0 bridgehead atoms. The molecule has 0 spiro atoms. The molecule has 0 amide bonds. The highest BCUT2D eigenvalue weighted by Gasteiger charge is 2.04. The highest BCUT2D eigenvalue weighted by Crippen LogP contribution is 2.22. The van der Waals surface area contributed by atoms with E-state index in [0.29, 0.717) is 0 Å². The summed E-state index contributed by atoms with van der Waals surface area (Å²) >= 11 is 2.32. The fraction of sp³-hybridized carbons (Fsp3) is 0.100. The summed E-state index contributed by atoms with van der Waals surface area (Å²) in [6, 6.07) is 6.35. The standard InChI is InChI=1S/C10H9IN2/c1-7-2-3-9(11)8(6-7)10-12-4-5-13-10/h2-6H,1H3,(H,12,13). The van der Waals surface area contributed by atoms with Crippen LogP contribution in [-0.4, -0.2) is 9.97 Å². The van der Waals surface area contributed by atoms with E-state index in [1.54, 1.807) is 6.20 Å². The number of nitrogens with one attached hydrogen (secondary N) is 1. The SMILES string of the molecule is Cc1ccc(I)c(-c2ncc[nH]2)c1. The number of H-pyrrole nitrogens is 1. The Balaban J connectivity index is 2.57. The van der Waals surface area contributed by atoms with Gasteiger partial charge in [0.1, 0.15) is 5.82 Å².